The number of piperazine rings is 1. The number of aromatic carboxylic acids is 1. The largest absolute Gasteiger partial charge is 0.478 e. The molecule has 2 aromatic rings. The molecule has 0 aliphatic carbocycles. The molecule has 0 saturated carbocycles. The summed E-state index contributed by atoms with van der Waals surface area (Å²) in [5.74, 6) is -0.688. The third-order valence-electron chi connectivity index (χ3n) is 3.83. The van der Waals surface area contributed by atoms with Crippen LogP contribution in [0.15, 0.2) is 47.8 Å². The maximum absolute atomic E-state index is 12.6. The number of nitrogens with zero attached hydrogens (tertiary/aromatic N) is 4. The third-order valence-corrected chi connectivity index (χ3v) is 5.71. The lowest BCUT2D eigenvalue weighted by Gasteiger charge is -2.35. The first-order valence-electron chi connectivity index (χ1n) is 7.33. The van der Waals surface area contributed by atoms with E-state index in [0.717, 1.165) is 0 Å². The lowest BCUT2D eigenvalue weighted by Crippen LogP contribution is -2.49. The third kappa shape index (κ3) is 3.08. The van der Waals surface area contributed by atoms with E-state index in [-0.39, 0.29) is 23.5 Å². The van der Waals surface area contributed by atoms with Crippen LogP contribution in [0.4, 0.5) is 5.82 Å². The first-order valence-corrected chi connectivity index (χ1v) is 8.77. The fourth-order valence-electron chi connectivity index (χ4n) is 2.60. The molecule has 1 aliphatic heterocycles. The molecule has 1 fully saturated rings. The van der Waals surface area contributed by atoms with Gasteiger partial charge < -0.3 is 10.0 Å². The number of aromatic nitrogens is 2. The highest BCUT2D eigenvalue weighted by Gasteiger charge is 2.30. The molecule has 2 aromatic heterocycles. The van der Waals surface area contributed by atoms with Crippen molar-refractivity contribution in [3.8, 4) is 0 Å². The van der Waals surface area contributed by atoms with Crippen LogP contribution in [0.25, 0.3) is 0 Å². The summed E-state index contributed by atoms with van der Waals surface area (Å²) >= 11 is 0. The molecule has 1 N–H and O–H groups in total. The Bertz CT molecular complexity index is 834. The average Bonchev–Trinajstić information content (AvgIpc) is 2.62. The minimum atomic E-state index is -3.59. The molecule has 3 rings (SSSR count). The van der Waals surface area contributed by atoms with Crippen LogP contribution in [0.1, 0.15) is 10.4 Å². The van der Waals surface area contributed by atoms with E-state index in [4.69, 9.17) is 0 Å². The molecular formula is C15H16N4O4S. The van der Waals surface area contributed by atoms with Gasteiger partial charge in [0.25, 0.3) is 0 Å². The normalized spacial score (nSPS) is 16.1. The second-order valence-corrected chi connectivity index (χ2v) is 7.20. The summed E-state index contributed by atoms with van der Waals surface area (Å²) in [5, 5.41) is 9.25. The summed E-state index contributed by atoms with van der Waals surface area (Å²) in [6.45, 7) is 1.26. The van der Waals surface area contributed by atoms with E-state index in [1.54, 1.807) is 17.0 Å². The van der Waals surface area contributed by atoms with Gasteiger partial charge in [-0.05, 0) is 24.3 Å². The first-order chi connectivity index (χ1) is 11.5. The highest BCUT2D eigenvalue weighted by molar-refractivity contribution is 7.89. The van der Waals surface area contributed by atoms with Crippen LogP contribution >= 0.6 is 0 Å². The predicted molar refractivity (Wildman–Crippen MR) is 86.4 cm³/mol. The summed E-state index contributed by atoms with van der Waals surface area (Å²) in [7, 11) is -3.59. The minimum Gasteiger partial charge on any atom is -0.478 e. The Labute approximate surface area is 139 Å². The number of rotatable bonds is 4. The van der Waals surface area contributed by atoms with E-state index in [0.29, 0.717) is 18.9 Å². The number of pyridine rings is 2. The lowest BCUT2D eigenvalue weighted by atomic mass is 10.2. The zero-order valence-electron chi connectivity index (χ0n) is 12.7. The van der Waals surface area contributed by atoms with Gasteiger partial charge >= 0.3 is 5.97 Å². The van der Waals surface area contributed by atoms with Crippen LogP contribution in [-0.2, 0) is 10.0 Å². The zero-order chi connectivity index (χ0) is 17.2. The zero-order valence-corrected chi connectivity index (χ0v) is 13.6. The molecule has 0 spiro atoms. The first kappa shape index (κ1) is 16.3. The van der Waals surface area contributed by atoms with Gasteiger partial charge in [-0.15, -0.1) is 0 Å². The van der Waals surface area contributed by atoms with Crippen LogP contribution in [0.2, 0.25) is 0 Å². The summed E-state index contributed by atoms with van der Waals surface area (Å²) in [4.78, 5) is 21.2. The molecule has 0 atom stereocenters. The van der Waals surface area contributed by atoms with E-state index in [2.05, 4.69) is 9.97 Å². The van der Waals surface area contributed by atoms with E-state index >= 15 is 0 Å². The number of sulfonamides is 1. The highest BCUT2D eigenvalue weighted by Crippen LogP contribution is 2.22. The molecule has 0 aromatic carbocycles. The topological polar surface area (TPSA) is 104 Å². The van der Waals surface area contributed by atoms with Gasteiger partial charge in [0.1, 0.15) is 16.3 Å². The quantitative estimate of drug-likeness (QED) is 0.867. The molecule has 8 nitrogen and oxygen atoms in total. The molecular weight excluding hydrogens is 332 g/mol. The highest BCUT2D eigenvalue weighted by atomic mass is 32.2. The Morgan fingerprint density at radius 1 is 1.08 bits per heavy atom. The Kier molecular flexibility index (Phi) is 4.45. The van der Waals surface area contributed by atoms with Gasteiger partial charge in [0.2, 0.25) is 10.0 Å². The molecule has 1 aliphatic rings. The molecule has 0 radical (unpaired) electrons. The molecule has 0 bridgehead atoms. The van der Waals surface area contributed by atoms with Crippen molar-refractivity contribution in [2.24, 2.45) is 0 Å². The Hall–Kier alpha value is -2.52. The predicted octanol–water partition coefficient (Wildman–Crippen LogP) is 0.686. The second kappa shape index (κ2) is 6.54. The van der Waals surface area contributed by atoms with Gasteiger partial charge in [-0.2, -0.15) is 4.31 Å². The summed E-state index contributed by atoms with van der Waals surface area (Å²) in [6.07, 6.45) is 4.37. The van der Waals surface area contributed by atoms with Crippen LogP contribution in [0, 0.1) is 0 Å². The number of hydrogen-bond donors (Lipinski definition) is 1. The van der Waals surface area contributed by atoms with E-state index in [1.807, 2.05) is 0 Å². The van der Waals surface area contributed by atoms with Gasteiger partial charge in [0, 0.05) is 44.8 Å². The summed E-state index contributed by atoms with van der Waals surface area (Å²) in [6, 6.07) is 6.14. The smallest absolute Gasteiger partial charge is 0.339 e. The number of carbonyl (C=O) groups is 1. The van der Waals surface area contributed by atoms with Crippen molar-refractivity contribution in [1.29, 1.82) is 0 Å². The van der Waals surface area contributed by atoms with Crippen molar-refractivity contribution in [2.45, 2.75) is 4.90 Å². The summed E-state index contributed by atoms with van der Waals surface area (Å²) in [5.41, 5.74) is 0.112. The van der Waals surface area contributed by atoms with Crippen LogP contribution < -0.4 is 4.90 Å². The van der Waals surface area contributed by atoms with Crippen molar-refractivity contribution in [1.82, 2.24) is 14.3 Å². The minimum absolute atomic E-state index is 0.112. The number of carboxylic acids is 1. The maximum Gasteiger partial charge on any atom is 0.339 e. The molecule has 1 saturated heterocycles. The van der Waals surface area contributed by atoms with E-state index < -0.39 is 16.0 Å². The Morgan fingerprint density at radius 3 is 2.42 bits per heavy atom. The number of carboxylic acid groups (broad SMARTS) is 1. The lowest BCUT2D eigenvalue weighted by molar-refractivity contribution is 0.0697. The number of hydrogen-bond acceptors (Lipinski definition) is 6. The van der Waals surface area contributed by atoms with Crippen LogP contribution in [0.5, 0.6) is 0 Å². The Morgan fingerprint density at radius 2 is 1.79 bits per heavy atom. The van der Waals surface area contributed by atoms with Crippen molar-refractivity contribution in [3.63, 3.8) is 0 Å². The standard InChI is InChI=1S/C15H16N4O4S/c20-15(21)13-4-2-6-17-14(13)18-7-9-19(10-8-18)24(22,23)12-3-1-5-16-11-12/h1-6,11H,7-10H2,(H,20,21). The maximum atomic E-state index is 12.6. The van der Waals surface area contributed by atoms with Crippen molar-refractivity contribution >= 4 is 21.8 Å². The molecule has 3 heterocycles. The van der Waals surface area contributed by atoms with Crippen LogP contribution in [0.3, 0.4) is 0 Å². The molecule has 0 unspecified atom stereocenters. The molecule has 0 amide bonds. The van der Waals surface area contributed by atoms with Gasteiger partial charge in [-0.25, -0.2) is 18.2 Å². The van der Waals surface area contributed by atoms with Crippen molar-refractivity contribution in [3.05, 3.63) is 48.4 Å². The van der Waals surface area contributed by atoms with Crippen molar-refractivity contribution < 1.29 is 18.3 Å². The van der Waals surface area contributed by atoms with Crippen molar-refractivity contribution in [2.75, 3.05) is 31.1 Å². The van der Waals surface area contributed by atoms with E-state index in [1.165, 1.54) is 35.0 Å². The van der Waals surface area contributed by atoms with Gasteiger partial charge in [0.15, 0.2) is 0 Å². The van der Waals surface area contributed by atoms with Gasteiger partial charge in [-0.3, -0.25) is 4.98 Å². The fraction of sp³-hybridized carbons (Fsp3) is 0.267. The molecule has 126 valence electrons. The fourth-order valence-corrected chi connectivity index (χ4v) is 3.99. The average molecular weight is 348 g/mol. The Balaban J connectivity index is 1.76. The van der Waals surface area contributed by atoms with Gasteiger partial charge in [0.05, 0.1) is 0 Å². The SMILES string of the molecule is O=C(O)c1cccnc1N1CCN(S(=O)(=O)c2cccnc2)CC1. The molecule has 9 heteroatoms. The molecule has 24 heavy (non-hydrogen) atoms. The second-order valence-electron chi connectivity index (χ2n) is 5.26. The monoisotopic (exact) mass is 348 g/mol. The van der Waals surface area contributed by atoms with Gasteiger partial charge in [-0.1, -0.05) is 0 Å². The summed E-state index contributed by atoms with van der Waals surface area (Å²) < 4.78 is 26.5. The van der Waals surface area contributed by atoms with E-state index in [9.17, 15) is 18.3 Å². The van der Waals surface area contributed by atoms with Crippen LogP contribution in [-0.4, -0.2) is 59.9 Å². The number of anilines is 1.